The molecule has 0 spiro atoms. The Balaban J connectivity index is 1.73. The van der Waals surface area contributed by atoms with E-state index in [1.807, 2.05) is 45.9 Å². The zero-order valence-electron chi connectivity index (χ0n) is 18.5. The number of hydrogen-bond donors (Lipinski definition) is 0. The summed E-state index contributed by atoms with van der Waals surface area (Å²) in [5.41, 5.74) is 3.79. The molecule has 1 fully saturated rings. The summed E-state index contributed by atoms with van der Waals surface area (Å²) in [6.45, 7) is 4.61. The summed E-state index contributed by atoms with van der Waals surface area (Å²) in [6, 6.07) is 16.2. The molecule has 4 rings (SSSR count). The van der Waals surface area contributed by atoms with Gasteiger partial charge in [0.25, 0.3) is 0 Å². The predicted octanol–water partition coefficient (Wildman–Crippen LogP) is 5.30. The smallest absolute Gasteiger partial charge is 0.230 e. The van der Waals surface area contributed by atoms with Crippen molar-refractivity contribution in [1.29, 1.82) is 0 Å². The number of aryl methyl sites for hydroxylation is 1. The highest BCUT2D eigenvalue weighted by Gasteiger charge is 2.28. The summed E-state index contributed by atoms with van der Waals surface area (Å²) in [5.74, 6) is 1.35. The highest BCUT2D eigenvalue weighted by molar-refractivity contribution is 5.97. The van der Waals surface area contributed by atoms with Crippen LogP contribution >= 0.6 is 0 Å². The number of ketones is 1. The molecule has 162 valence electrons. The summed E-state index contributed by atoms with van der Waals surface area (Å²) >= 11 is 0. The standard InChI is InChI=1S/C26H31N3O2/c1-3-9-25-27-23-16-22(14-15-24(23)29(25)17-19(2)30)28(18-20-10-5-4-6-11-20)26(31)21-12-7-8-13-21/h4-6,10-11,14-16,21H,3,7-9,12-13,17-18H2,1-2H3. The van der Waals surface area contributed by atoms with E-state index in [9.17, 15) is 9.59 Å². The average Bonchev–Trinajstić information content (AvgIpc) is 3.41. The van der Waals surface area contributed by atoms with Crippen molar-refractivity contribution in [3.63, 3.8) is 0 Å². The van der Waals surface area contributed by atoms with E-state index in [1.54, 1.807) is 6.92 Å². The minimum Gasteiger partial charge on any atom is -0.320 e. The Labute approximate surface area is 184 Å². The number of hydrogen-bond acceptors (Lipinski definition) is 3. The van der Waals surface area contributed by atoms with Gasteiger partial charge in [-0.1, -0.05) is 50.1 Å². The first-order valence-electron chi connectivity index (χ1n) is 11.4. The van der Waals surface area contributed by atoms with Gasteiger partial charge in [-0.05, 0) is 49.9 Å². The molecule has 1 aliphatic carbocycles. The molecule has 3 aromatic rings. The lowest BCUT2D eigenvalue weighted by Gasteiger charge is -2.26. The van der Waals surface area contributed by atoms with Gasteiger partial charge in [0.1, 0.15) is 11.6 Å². The predicted molar refractivity (Wildman–Crippen MR) is 124 cm³/mol. The minimum absolute atomic E-state index is 0.102. The van der Waals surface area contributed by atoms with Gasteiger partial charge in [0.2, 0.25) is 5.91 Å². The first-order chi connectivity index (χ1) is 15.1. The number of aromatic nitrogens is 2. The third-order valence-corrected chi connectivity index (χ3v) is 6.13. The fourth-order valence-corrected chi connectivity index (χ4v) is 4.61. The molecule has 1 amide bonds. The molecule has 5 heteroatoms. The molecule has 1 aliphatic rings. The van der Waals surface area contributed by atoms with Crippen LogP contribution in [0.2, 0.25) is 0 Å². The van der Waals surface area contributed by atoms with E-state index in [4.69, 9.17) is 4.98 Å². The SMILES string of the molecule is CCCc1nc2cc(N(Cc3ccccc3)C(=O)C3CCCC3)ccc2n1CC(C)=O. The topological polar surface area (TPSA) is 55.2 Å². The van der Waals surface area contributed by atoms with E-state index in [0.717, 1.165) is 66.6 Å². The van der Waals surface area contributed by atoms with Gasteiger partial charge in [-0.15, -0.1) is 0 Å². The Hall–Kier alpha value is -2.95. The van der Waals surface area contributed by atoms with Crippen molar-refractivity contribution in [1.82, 2.24) is 9.55 Å². The van der Waals surface area contributed by atoms with Gasteiger partial charge >= 0.3 is 0 Å². The van der Waals surface area contributed by atoms with Crippen LogP contribution < -0.4 is 4.90 Å². The first kappa shape index (κ1) is 21.3. The number of amides is 1. The van der Waals surface area contributed by atoms with Crippen LogP contribution in [0.5, 0.6) is 0 Å². The van der Waals surface area contributed by atoms with Crippen LogP contribution in [0.25, 0.3) is 11.0 Å². The van der Waals surface area contributed by atoms with Crippen molar-refractivity contribution in [3.8, 4) is 0 Å². The second-order valence-electron chi connectivity index (χ2n) is 8.63. The molecule has 1 heterocycles. The summed E-state index contributed by atoms with van der Waals surface area (Å²) in [7, 11) is 0. The highest BCUT2D eigenvalue weighted by atomic mass is 16.2. The van der Waals surface area contributed by atoms with Gasteiger partial charge in [-0.2, -0.15) is 0 Å². The molecule has 1 aromatic heterocycles. The Morgan fingerprint density at radius 1 is 1.10 bits per heavy atom. The lowest BCUT2D eigenvalue weighted by Crippen LogP contribution is -2.34. The van der Waals surface area contributed by atoms with Gasteiger partial charge in [-0.3, -0.25) is 9.59 Å². The van der Waals surface area contributed by atoms with Gasteiger partial charge in [0.05, 0.1) is 24.1 Å². The average molecular weight is 418 g/mol. The monoisotopic (exact) mass is 417 g/mol. The number of carbonyl (C=O) groups excluding carboxylic acids is 2. The minimum atomic E-state index is 0.102. The third kappa shape index (κ3) is 4.71. The summed E-state index contributed by atoms with van der Waals surface area (Å²) < 4.78 is 2.02. The van der Waals surface area contributed by atoms with Gasteiger partial charge in [0.15, 0.2) is 0 Å². The molecule has 0 bridgehead atoms. The maximum atomic E-state index is 13.5. The second-order valence-corrected chi connectivity index (χ2v) is 8.63. The molecule has 1 saturated carbocycles. The van der Waals surface area contributed by atoms with E-state index < -0.39 is 0 Å². The number of benzene rings is 2. The van der Waals surface area contributed by atoms with Crippen LogP contribution in [0.4, 0.5) is 5.69 Å². The summed E-state index contributed by atoms with van der Waals surface area (Å²) in [5, 5.41) is 0. The lowest BCUT2D eigenvalue weighted by atomic mass is 10.0. The van der Waals surface area contributed by atoms with Crippen molar-refractivity contribution in [2.24, 2.45) is 5.92 Å². The molecule has 31 heavy (non-hydrogen) atoms. The maximum Gasteiger partial charge on any atom is 0.230 e. The number of carbonyl (C=O) groups is 2. The van der Waals surface area contributed by atoms with Crippen LogP contribution in [0.15, 0.2) is 48.5 Å². The third-order valence-electron chi connectivity index (χ3n) is 6.13. The van der Waals surface area contributed by atoms with Crippen LogP contribution in [0, 0.1) is 5.92 Å². The molecule has 0 saturated heterocycles. The van der Waals surface area contributed by atoms with Crippen molar-refractivity contribution in [3.05, 3.63) is 59.9 Å². The number of Topliss-reactive ketones (excluding diaryl/α,β-unsaturated/α-hetero) is 1. The number of fused-ring (bicyclic) bond motifs is 1. The highest BCUT2D eigenvalue weighted by Crippen LogP contribution is 2.31. The molecule has 0 atom stereocenters. The van der Waals surface area contributed by atoms with Crippen molar-refractivity contribution >= 4 is 28.4 Å². The Morgan fingerprint density at radius 2 is 1.84 bits per heavy atom. The zero-order valence-corrected chi connectivity index (χ0v) is 18.5. The summed E-state index contributed by atoms with van der Waals surface area (Å²) in [4.78, 5) is 32.0. The van der Waals surface area contributed by atoms with E-state index >= 15 is 0 Å². The molecule has 0 unspecified atom stereocenters. The maximum absolute atomic E-state index is 13.5. The van der Waals surface area contributed by atoms with Crippen LogP contribution in [0.1, 0.15) is 57.3 Å². The number of anilines is 1. The molecule has 0 radical (unpaired) electrons. The first-order valence-corrected chi connectivity index (χ1v) is 11.4. The van der Waals surface area contributed by atoms with Gasteiger partial charge in [-0.25, -0.2) is 4.98 Å². The van der Waals surface area contributed by atoms with E-state index in [2.05, 4.69) is 19.1 Å². The van der Waals surface area contributed by atoms with Crippen LogP contribution in [0.3, 0.4) is 0 Å². The Kier molecular flexibility index (Phi) is 6.50. The Morgan fingerprint density at radius 3 is 2.52 bits per heavy atom. The normalized spacial score (nSPS) is 14.3. The quantitative estimate of drug-likeness (QED) is 0.500. The second kappa shape index (κ2) is 9.46. The van der Waals surface area contributed by atoms with Crippen molar-refractivity contribution in [2.45, 2.75) is 65.5 Å². The van der Waals surface area contributed by atoms with Crippen LogP contribution in [-0.2, 0) is 29.1 Å². The van der Waals surface area contributed by atoms with Gasteiger partial charge in [0, 0.05) is 18.0 Å². The fraction of sp³-hybridized carbons (Fsp3) is 0.423. The van der Waals surface area contributed by atoms with E-state index in [-0.39, 0.29) is 17.6 Å². The van der Waals surface area contributed by atoms with E-state index in [0.29, 0.717) is 13.1 Å². The summed E-state index contributed by atoms with van der Waals surface area (Å²) in [6.07, 6.45) is 6.00. The number of nitrogens with zero attached hydrogens (tertiary/aromatic N) is 3. The number of imidazole rings is 1. The molecule has 5 nitrogen and oxygen atoms in total. The lowest BCUT2D eigenvalue weighted by molar-refractivity contribution is -0.122. The molecular weight excluding hydrogens is 386 g/mol. The van der Waals surface area contributed by atoms with Crippen molar-refractivity contribution < 1.29 is 9.59 Å². The molecule has 2 aromatic carbocycles. The largest absolute Gasteiger partial charge is 0.320 e. The molecule has 0 N–H and O–H groups in total. The Bertz CT molecular complexity index is 1060. The van der Waals surface area contributed by atoms with E-state index in [1.165, 1.54) is 0 Å². The fourth-order valence-electron chi connectivity index (χ4n) is 4.61. The van der Waals surface area contributed by atoms with Crippen molar-refractivity contribution in [2.75, 3.05) is 4.90 Å². The molecule has 0 aliphatic heterocycles. The molecular formula is C26H31N3O2. The number of rotatable bonds is 8. The van der Waals surface area contributed by atoms with Gasteiger partial charge < -0.3 is 9.47 Å². The zero-order chi connectivity index (χ0) is 21.8. The van der Waals surface area contributed by atoms with Crippen LogP contribution in [-0.4, -0.2) is 21.2 Å².